The van der Waals surface area contributed by atoms with Crippen molar-refractivity contribution in [2.45, 2.75) is 50.6 Å². The van der Waals surface area contributed by atoms with Gasteiger partial charge in [0.25, 0.3) is 0 Å². The molecule has 0 aromatic rings. The molecule has 0 aromatic heterocycles. The highest BCUT2D eigenvalue weighted by Gasteiger charge is 2.38. The van der Waals surface area contributed by atoms with Crippen LogP contribution in [-0.2, 0) is 9.59 Å². The summed E-state index contributed by atoms with van der Waals surface area (Å²) in [7, 11) is 0. The summed E-state index contributed by atoms with van der Waals surface area (Å²) in [6, 6.07) is -0.416. The Balaban J connectivity index is 2.20. The molecule has 96 valence electrons. The number of carboxylic acid groups (broad SMARTS) is 1. The van der Waals surface area contributed by atoms with Gasteiger partial charge in [0.2, 0.25) is 5.91 Å². The van der Waals surface area contributed by atoms with E-state index in [1.165, 1.54) is 11.3 Å². The average Bonchev–Trinajstić information content (AvgIpc) is 2.42. The van der Waals surface area contributed by atoms with Crippen LogP contribution in [0.5, 0.6) is 0 Å². The molecule has 2 rings (SSSR count). The van der Waals surface area contributed by atoms with Crippen LogP contribution in [-0.4, -0.2) is 40.5 Å². The number of carbonyl (C=O) groups excluding carboxylic acids is 1. The lowest BCUT2D eigenvalue weighted by Crippen LogP contribution is -2.51. The second-order valence-electron chi connectivity index (χ2n) is 5.16. The van der Waals surface area contributed by atoms with Crippen LogP contribution >= 0.6 is 0 Å². The molecule has 3 atom stereocenters. The lowest BCUT2D eigenvalue weighted by Gasteiger charge is -2.37. The molecule has 5 nitrogen and oxygen atoms in total. The quantitative estimate of drug-likeness (QED) is 0.739. The molecule has 1 saturated carbocycles. The van der Waals surface area contributed by atoms with Crippen molar-refractivity contribution in [3.63, 3.8) is 0 Å². The fraction of sp³-hybridized carbons (Fsp3) is 0.833. The van der Waals surface area contributed by atoms with Gasteiger partial charge in [-0.1, -0.05) is 12.8 Å². The van der Waals surface area contributed by atoms with Gasteiger partial charge < -0.3 is 15.7 Å². The third-order valence-electron chi connectivity index (χ3n) is 4.02. The van der Waals surface area contributed by atoms with Crippen LogP contribution in [0.2, 0.25) is 0 Å². The van der Waals surface area contributed by atoms with Gasteiger partial charge in [-0.25, -0.2) is 0 Å². The second-order valence-corrected chi connectivity index (χ2v) is 5.16. The molecule has 1 saturated heterocycles. The van der Waals surface area contributed by atoms with Gasteiger partial charge in [0.15, 0.2) is 0 Å². The van der Waals surface area contributed by atoms with Crippen molar-refractivity contribution in [3.05, 3.63) is 0 Å². The molecule has 3 N–H and O–H groups in total. The van der Waals surface area contributed by atoms with Crippen molar-refractivity contribution in [2.75, 3.05) is 6.54 Å². The van der Waals surface area contributed by atoms with Gasteiger partial charge >= 0.3 is 5.97 Å². The summed E-state index contributed by atoms with van der Waals surface area (Å²) in [5.41, 5.74) is 5.81. The number of carbonyl (C=O) groups is 2. The molecular formula is C12H20N2O3. The van der Waals surface area contributed by atoms with E-state index in [-0.39, 0.29) is 18.5 Å². The average molecular weight is 240 g/mol. The Morgan fingerprint density at radius 2 is 2.00 bits per heavy atom. The lowest BCUT2D eigenvalue weighted by molar-refractivity contribution is -0.147. The summed E-state index contributed by atoms with van der Waals surface area (Å²) in [5.74, 6) is -0.681. The minimum atomic E-state index is -0.947. The Hall–Kier alpha value is -1.10. The van der Waals surface area contributed by atoms with Crippen LogP contribution in [0.25, 0.3) is 0 Å². The van der Waals surface area contributed by atoms with Crippen molar-refractivity contribution in [3.8, 4) is 0 Å². The van der Waals surface area contributed by atoms with Gasteiger partial charge in [0.1, 0.15) is 6.54 Å². The van der Waals surface area contributed by atoms with E-state index >= 15 is 0 Å². The molecule has 0 radical (unpaired) electrons. The number of rotatable bonds is 2. The minimum Gasteiger partial charge on any atom is -0.480 e. The van der Waals surface area contributed by atoms with Crippen molar-refractivity contribution in [2.24, 2.45) is 11.7 Å². The topological polar surface area (TPSA) is 83.6 Å². The SMILES string of the molecule is NC1CCC2CCCCC2N(CC(=O)O)C1=O. The van der Waals surface area contributed by atoms with Crippen LogP contribution in [0.1, 0.15) is 38.5 Å². The van der Waals surface area contributed by atoms with Crippen LogP contribution < -0.4 is 5.73 Å². The monoisotopic (exact) mass is 240 g/mol. The summed E-state index contributed by atoms with van der Waals surface area (Å²) in [4.78, 5) is 24.5. The maximum absolute atomic E-state index is 12.1. The van der Waals surface area contributed by atoms with E-state index in [9.17, 15) is 9.59 Å². The molecule has 0 spiro atoms. The van der Waals surface area contributed by atoms with Gasteiger partial charge in [-0.15, -0.1) is 0 Å². The van der Waals surface area contributed by atoms with E-state index in [2.05, 4.69) is 0 Å². The molecule has 3 unspecified atom stereocenters. The number of hydrogen-bond donors (Lipinski definition) is 2. The van der Waals surface area contributed by atoms with Gasteiger partial charge in [-0.05, 0) is 31.6 Å². The molecule has 17 heavy (non-hydrogen) atoms. The van der Waals surface area contributed by atoms with Gasteiger partial charge in [0.05, 0.1) is 6.04 Å². The Kier molecular flexibility index (Phi) is 3.66. The number of amides is 1. The first-order chi connectivity index (χ1) is 8.09. The molecule has 1 heterocycles. The van der Waals surface area contributed by atoms with Gasteiger partial charge in [0, 0.05) is 6.04 Å². The number of carboxylic acids is 1. The first-order valence-corrected chi connectivity index (χ1v) is 6.37. The summed E-state index contributed by atoms with van der Waals surface area (Å²) in [6.07, 6.45) is 5.94. The largest absolute Gasteiger partial charge is 0.480 e. The van der Waals surface area contributed by atoms with Crippen molar-refractivity contribution in [1.82, 2.24) is 4.90 Å². The smallest absolute Gasteiger partial charge is 0.323 e. The Bertz CT molecular complexity index is 319. The summed E-state index contributed by atoms with van der Waals surface area (Å²) < 4.78 is 0. The third kappa shape index (κ3) is 2.60. The van der Waals surface area contributed by atoms with Crippen LogP contribution in [0.3, 0.4) is 0 Å². The summed E-state index contributed by atoms with van der Waals surface area (Å²) in [5, 5.41) is 8.92. The molecule has 2 aliphatic rings. The highest BCUT2D eigenvalue weighted by atomic mass is 16.4. The highest BCUT2D eigenvalue weighted by Crippen LogP contribution is 2.34. The van der Waals surface area contributed by atoms with E-state index < -0.39 is 12.0 Å². The van der Waals surface area contributed by atoms with Crippen molar-refractivity contribution in [1.29, 1.82) is 0 Å². The minimum absolute atomic E-state index is 0.0981. The van der Waals surface area contributed by atoms with Crippen LogP contribution in [0.4, 0.5) is 0 Å². The molecule has 5 heteroatoms. The maximum atomic E-state index is 12.1. The van der Waals surface area contributed by atoms with Gasteiger partial charge in [-0.2, -0.15) is 0 Å². The fourth-order valence-electron chi connectivity index (χ4n) is 3.17. The third-order valence-corrected chi connectivity index (χ3v) is 4.02. The zero-order valence-electron chi connectivity index (χ0n) is 9.97. The number of nitrogens with two attached hydrogens (primary N) is 1. The molecule has 1 aliphatic heterocycles. The second kappa shape index (κ2) is 5.04. The fourth-order valence-corrected chi connectivity index (χ4v) is 3.17. The summed E-state index contributed by atoms with van der Waals surface area (Å²) in [6.45, 7) is -0.201. The normalized spacial score (nSPS) is 34.1. The number of hydrogen-bond acceptors (Lipinski definition) is 3. The van der Waals surface area contributed by atoms with Crippen LogP contribution in [0, 0.1) is 5.92 Å². The molecule has 0 bridgehead atoms. The molecule has 1 aliphatic carbocycles. The van der Waals surface area contributed by atoms with Crippen molar-refractivity contribution < 1.29 is 14.7 Å². The van der Waals surface area contributed by atoms with E-state index in [0.29, 0.717) is 12.3 Å². The van der Waals surface area contributed by atoms with E-state index in [0.717, 1.165) is 25.7 Å². The summed E-state index contributed by atoms with van der Waals surface area (Å²) >= 11 is 0. The standard InChI is InChI=1S/C12H20N2O3/c13-9-6-5-8-3-1-2-4-10(8)14(12(9)17)7-11(15)16/h8-10H,1-7,13H2,(H,15,16). The maximum Gasteiger partial charge on any atom is 0.323 e. The number of likely N-dealkylation sites (tertiary alicyclic amines) is 1. The Labute approximate surface area is 101 Å². The van der Waals surface area contributed by atoms with Gasteiger partial charge in [-0.3, -0.25) is 9.59 Å². The number of fused-ring (bicyclic) bond motifs is 1. The first kappa shape index (κ1) is 12.4. The first-order valence-electron chi connectivity index (χ1n) is 6.37. The highest BCUT2D eigenvalue weighted by molar-refractivity contribution is 5.85. The molecule has 2 fully saturated rings. The number of aliphatic carboxylic acids is 1. The molecule has 1 amide bonds. The predicted molar refractivity (Wildman–Crippen MR) is 62.3 cm³/mol. The van der Waals surface area contributed by atoms with Crippen molar-refractivity contribution >= 4 is 11.9 Å². The number of nitrogens with zero attached hydrogens (tertiary/aromatic N) is 1. The molecular weight excluding hydrogens is 220 g/mol. The van der Waals surface area contributed by atoms with Crippen LogP contribution in [0.15, 0.2) is 0 Å². The lowest BCUT2D eigenvalue weighted by atomic mass is 9.81. The zero-order chi connectivity index (χ0) is 12.4. The zero-order valence-corrected chi connectivity index (χ0v) is 9.97. The Morgan fingerprint density at radius 1 is 1.29 bits per heavy atom. The Morgan fingerprint density at radius 3 is 2.71 bits per heavy atom. The van der Waals surface area contributed by atoms with E-state index in [1.807, 2.05) is 0 Å². The molecule has 0 aromatic carbocycles. The van der Waals surface area contributed by atoms with E-state index in [1.54, 1.807) is 0 Å². The predicted octanol–water partition coefficient (Wildman–Crippen LogP) is 0.579. The van der Waals surface area contributed by atoms with E-state index in [4.69, 9.17) is 10.8 Å².